The first-order valence-electron chi connectivity index (χ1n) is 14.7. The molecule has 3 aromatic rings. The van der Waals surface area contributed by atoms with Gasteiger partial charge in [-0.3, -0.25) is 14.3 Å². The summed E-state index contributed by atoms with van der Waals surface area (Å²) in [5.41, 5.74) is 12.6. The van der Waals surface area contributed by atoms with Gasteiger partial charge < -0.3 is 15.8 Å². The molecule has 8 nitrogen and oxygen atoms in total. The third kappa shape index (κ3) is 8.08. The third-order valence-electron chi connectivity index (χ3n) is 8.28. The van der Waals surface area contributed by atoms with Gasteiger partial charge in [0.1, 0.15) is 0 Å². The lowest BCUT2D eigenvalue weighted by Crippen LogP contribution is -2.28. The molecule has 0 radical (unpaired) electrons. The van der Waals surface area contributed by atoms with E-state index in [-0.39, 0.29) is 17.0 Å². The molecule has 0 saturated heterocycles. The van der Waals surface area contributed by atoms with Gasteiger partial charge in [-0.15, -0.1) is 0 Å². The normalized spacial score (nSPS) is 15.9. The minimum Gasteiger partial charge on any atom is -0.471 e. The molecule has 5 rings (SSSR count). The van der Waals surface area contributed by atoms with Gasteiger partial charge in [0.25, 0.3) is 6.47 Å². The first-order valence-corrected chi connectivity index (χ1v) is 16.8. The molecule has 1 spiro atoms. The van der Waals surface area contributed by atoms with Crippen LogP contribution in [0, 0.1) is 12.3 Å². The minimum atomic E-state index is -3.55. The highest BCUT2D eigenvalue weighted by Gasteiger charge is 2.45. The SMILES string of the molecule is COC=O.Cc1cc(-c2cccc(NS(=O)(=O)CCNCc3ccccc3)c2)c(Cl)cc1C1=C(N)C2(CCCCC2)CC1=O. The first-order chi connectivity index (χ1) is 21.1. The zero-order chi connectivity index (χ0) is 31.7. The number of methoxy groups -OCH3 is 1. The summed E-state index contributed by atoms with van der Waals surface area (Å²) in [6.07, 6.45) is 5.80. The van der Waals surface area contributed by atoms with E-state index in [1.807, 2.05) is 55.5 Å². The standard InChI is InChI=1S/C32H36ClN3O3S.C2H4O2/c1-22-17-27(28(33)19-26(22)30-29(37)20-32(31(30)34)13-6-3-7-14-32)24-11-8-12-25(18-24)36-40(38,39)16-15-35-21-23-9-4-2-5-10-23;1-4-2-3/h2,4-5,8-12,17-19,35-36H,3,6-7,13-16,20-21,34H2,1H3;2H,1H3. The van der Waals surface area contributed by atoms with Gasteiger partial charge in [0.15, 0.2) is 5.78 Å². The molecule has 1 fully saturated rings. The molecular formula is C34H40ClN3O5S. The number of anilines is 1. The van der Waals surface area contributed by atoms with E-state index in [1.54, 1.807) is 18.2 Å². The highest BCUT2D eigenvalue weighted by Crippen LogP contribution is 2.52. The largest absolute Gasteiger partial charge is 0.471 e. The van der Waals surface area contributed by atoms with Crippen LogP contribution in [0.1, 0.15) is 55.2 Å². The summed E-state index contributed by atoms with van der Waals surface area (Å²) in [6, 6.07) is 20.8. The van der Waals surface area contributed by atoms with E-state index >= 15 is 0 Å². The van der Waals surface area contributed by atoms with Crippen molar-refractivity contribution in [1.82, 2.24) is 5.32 Å². The number of benzene rings is 3. The first kappa shape index (κ1) is 33.2. The fourth-order valence-electron chi connectivity index (χ4n) is 6.06. The maximum Gasteiger partial charge on any atom is 0.292 e. The zero-order valence-electron chi connectivity index (χ0n) is 25.2. The van der Waals surface area contributed by atoms with E-state index < -0.39 is 10.0 Å². The van der Waals surface area contributed by atoms with Gasteiger partial charge in [0, 0.05) is 52.5 Å². The van der Waals surface area contributed by atoms with Crippen molar-refractivity contribution in [1.29, 1.82) is 0 Å². The van der Waals surface area contributed by atoms with Crippen LogP contribution in [0.5, 0.6) is 0 Å². The van der Waals surface area contributed by atoms with Crippen LogP contribution in [0.25, 0.3) is 16.7 Å². The maximum absolute atomic E-state index is 13.2. The highest BCUT2D eigenvalue weighted by molar-refractivity contribution is 7.92. The number of nitrogens with two attached hydrogens (primary N) is 1. The topological polar surface area (TPSA) is 128 Å². The number of hydrogen-bond acceptors (Lipinski definition) is 7. The van der Waals surface area contributed by atoms with E-state index in [0.29, 0.717) is 42.3 Å². The molecule has 0 aliphatic heterocycles. The van der Waals surface area contributed by atoms with Crippen LogP contribution in [-0.2, 0) is 30.9 Å². The van der Waals surface area contributed by atoms with Crippen LogP contribution >= 0.6 is 11.6 Å². The molecule has 0 bridgehead atoms. The van der Waals surface area contributed by atoms with Crippen molar-refractivity contribution in [3.8, 4) is 11.1 Å². The second kappa shape index (κ2) is 14.9. The van der Waals surface area contributed by atoms with E-state index in [4.69, 9.17) is 22.1 Å². The average molecular weight is 638 g/mol. The molecule has 3 aromatic carbocycles. The number of halogens is 1. The van der Waals surface area contributed by atoms with E-state index in [0.717, 1.165) is 59.2 Å². The summed E-state index contributed by atoms with van der Waals surface area (Å²) in [5, 5.41) is 3.66. The van der Waals surface area contributed by atoms with Gasteiger partial charge in [0.05, 0.1) is 12.9 Å². The summed E-state index contributed by atoms with van der Waals surface area (Å²) in [7, 11) is -2.24. The fraction of sp³-hybridized carbons (Fsp3) is 0.353. The van der Waals surface area contributed by atoms with Gasteiger partial charge >= 0.3 is 0 Å². The van der Waals surface area contributed by atoms with Crippen molar-refractivity contribution in [2.75, 3.05) is 24.1 Å². The molecule has 2 aliphatic rings. The number of sulfonamides is 1. The van der Waals surface area contributed by atoms with Crippen molar-refractivity contribution in [2.24, 2.45) is 11.1 Å². The van der Waals surface area contributed by atoms with Crippen molar-refractivity contribution in [3.63, 3.8) is 0 Å². The Bertz CT molecular complexity index is 1620. The van der Waals surface area contributed by atoms with Gasteiger partial charge in [-0.2, -0.15) is 0 Å². The Labute approximate surface area is 265 Å². The Kier molecular flexibility index (Phi) is 11.2. The fourth-order valence-corrected chi connectivity index (χ4v) is 7.34. The number of allylic oxidation sites excluding steroid dienone is 2. The number of ether oxygens (including phenoxy) is 1. The van der Waals surface area contributed by atoms with E-state index in [2.05, 4.69) is 14.8 Å². The molecular weight excluding hydrogens is 598 g/mol. The number of carbonyl (C=O) groups is 2. The predicted octanol–water partition coefficient (Wildman–Crippen LogP) is 6.23. The zero-order valence-corrected chi connectivity index (χ0v) is 26.8. The molecule has 4 N–H and O–H groups in total. The highest BCUT2D eigenvalue weighted by atomic mass is 35.5. The Morgan fingerprint density at radius 1 is 1.00 bits per heavy atom. The molecule has 10 heteroatoms. The average Bonchev–Trinajstić information content (AvgIpc) is 3.24. The van der Waals surface area contributed by atoms with Crippen LogP contribution in [0.15, 0.2) is 72.4 Å². The van der Waals surface area contributed by atoms with Crippen molar-refractivity contribution < 1.29 is 22.7 Å². The second-order valence-corrected chi connectivity index (χ2v) is 13.6. The van der Waals surface area contributed by atoms with Gasteiger partial charge in [0.2, 0.25) is 10.0 Å². The molecule has 2 aliphatic carbocycles. The van der Waals surface area contributed by atoms with Crippen molar-refractivity contribution in [2.45, 2.75) is 52.0 Å². The summed E-state index contributed by atoms with van der Waals surface area (Å²) >= 11 is 6.79. The Morgan fingerprint density at radius 3 is 2.39 bits per heavy atom. The predicted molar refractivity (Wildman–Crippen MR) is 177 cm³/mol. The lowest BCUT2D eigenvalue weighted by atomic mass is 9.72. The number of rotatable bonds is 10. The van der Waals surface area contributed by atoms with Crippen LogP contribution in [0.3, 0.4) is 0 Å². The van der Waals surface area contributed by atoms with E-state index in [1.165, 1.54) is 13.5 Å². The monoisotopic (exact) mass is 637 g/mol. The molecule has 44 heavy (non-hydrogen) atoms. The number of nitrogens with one attached hydrogen (secondary N) is 2. The Hall–Kier alpha value is -3.66. The molecule has 0 heterocycles. The Morgan fingerprint density at radius 2 is 1.70 bits per heavy atom. The van der Waals surface area contributed by atoms with Gasteiger partial charge in [-0.25, -0.2) is 8.42 Å². The Balaban J connectivity index is 0.00000104. The lowest BCUT2D eigenvalue weighted by Gasteiger charge is -2.33. The van der Waals surface area contributed by atoms with E-state index in [9.17, 15) is 13.2 Å². The van der Waals surface area contributed by atoms with Crippen molar-refractivity contribution in [3.05, 3.63) is 94.1 Å². The number of aryl methyl sites for hydroxylation is 1. The molecule has 0 aromatic heterocycles. The van der Waals surface area contributed by atoms with Gasteiger partial charge in [-0.05, 0) is 66.3 Å². The van der Waals surface area contributed by atoms with Crippen LogP contribution in [0.2, 0.25) is 5.02 Å². The molecule has 0 unspecified atom stereocenters. The minimum absolute atomic E-state index is 0.0509. The summed E-state index contributed by atoms with van der Waals surface area (Å²) < 4.78 is 32.0. The lowest BCUT2D eigenvalue weighted by molar-refractivity contribution is -0.126. The summed E-state index contributed by atoms with van der Waals surface area (Å²) in [5.74, 6) is 0.0472. The van der Waals surface area contributed by atoms with Crippen LogP contribution in [-0.4, -0.2) is 40.1 Å². The number of ketones is 1. The maximum atomic E-state index is 13.2. The summed E-state index contributed by atoms with van der Waals surface area (Å²) in [6.45, 7) is 3.27. The molecule has 234 valence electrons. The number of hydrogen-bond donors (Lipinski definition) is 3. The quantitative estimate of drug-likeness (QED) is 0.178. The van der Waals surface area contributed by atoms with Gasteiger partial charge in [-0.1, -0.05) is 73.3 Å². The molecule has 0 amide bonds. The smallest absolute Gasteiger partial charge is 0.292 e. The second-order valence-electron chi connectivity index (χ2n) is 11.4. The van der Waals surface area contributed by atoms with Crippen LogP contribution < -0.4 is 15.8 Å². The summed E-state index contributed by atoms with van der Waals surface area (Å²) in [4.78, 5) is 22.1. The number of carbonyl (C=O) groups excluding carboxylic acids is 2. The number of Topliss-reactive ketones (excluding diaryl/α,β-unsaturated/α-hetero) is 1. The van der Waals surface area contributed by atoms with Crippen LogP contribution in [0.4, 0.5) is 5.69 Å². The third-order valence-corrected chi connectivity index (χ3v) is 9.88. The van der Waals surface area contributed by atoms with Crippen molar-refractivity contribution >= 4 is 45.1 Å². The molecule has 1 saturated carbocycles. The molecule has 0 atom stereocenters.